The lowest BCUT2D eigenvalue weighted by molar-refractivity contribution is 0.417. The molecule has 5 heteroatoms. The van der Waals surface area contributed by atoms with E-state index in [1.165, 1.54) is 57.4 Å². The molecule has 1 rings (SSSR count). The molecule has 0 bridgehead atoms. The summed E-state index contributed by atoms with van der Waals surface area (Å²) < 4.78 is 30.3. The molecule has 0 saturated carbocycles. The number of rotatable bonds is 15. The van der Waals surface area contributed by atoms with E-state index < -0.39 is 15.4 Å². The Kier molecular flexibility index (Phi) is 11.5. The van der Waals surface area contributed by atoms with Gasteiger partial charge in [-0.3, -0.25) is 0 Å². The Morgan fingerprint density at radius 3 is 2.04 bits per heavy atom. The van der Waals surface area contributed by atoms with E-state index in [2.05, 4.69) is 6.92 Å². The number of hydrogen-bond donors (Lipinski definition) is 1. The number of phenolic OH excluding ortho intramolecular Hbond substituents is 1. The van der Waals surface area contributed by atoms with Crippen LogP contribution in [0.5, 0.6) is 11.5 Å². The summed E-state index contributed by atoms with van der Waals surface area (Å²) in [6, 6.07) is 4.74. The molecule has 0 radical (unpaired) electrons. The van der Waals surface area contributed by atoms with Gasteiger partial charge >= 0.3 is 10.1 Å². The summed E-state index contributed by atoms with van der Waals surface area (Å²) >= 11 is 0. The highest BCUT2D eigenvalue weighted by Gasteiger charge is 2.26. The van der Waals surface area contributed by atoms with Gasteiger partial charge in [0.25, 0.3) is 0 Å². The standard InChI is InChI=1S/C22H38O4S/c1-4-6-7-8-9-10-11-12-13-14-15-20(5-2)27(24,25)26-22-18-19(3)16-17-21(22)23/h16-18,20,23H,4-15H2,1-3H3. The minimum atomic E-state index is -3.74. The van der Waals surface area contributed by atoms with Crippen LogP contribution in [0.2, 0.25) is 0 Å². The molecule has 1 aromatic carbocycles. The maximum absolute atomic E-state index is 12.6. The number of hydrogen-bond acceptors (Lipinski definition) is 4. The van der Waals surface area contributed by atoms with Crippen LogP contribution < -0.4 is 4.18 Å². The quantitative estimate of drug-likeness (QED) is 0.270. The zero-order valence-corrected chi connectivity index (χ0v) is 18.2. The van der Waals surface area contributed by atoms with Crippen LogP contribution in [0.3, 0.4) is 0 Å². The first-order valence-corrected chi connectivity index (χ1v) is 12.1. The highest BCUT2D eigenvalue weighted by molar-refractivity contribution is 7.87. The topological polar surface area (TPSA) is 63.6 Å². The number of aromatic hydroxyl groups is 1. The lowest BCUT2D eigenvalue weighted by Crippen LogP contribution is -2.25. The molecule has 0 spiro atoms. The molecule has 0 aliphatic heterocycles. The first kappa shape index (κ1) is 23.8. The molecule has 156 valence electrons. The monoisotopic (exact) mass is 398 g/mol. The molecule has 0 heterocycles. The smallest absolute Gasteiger partial charge is 0.312 e. The second-order valence-electron chi connectivity index (χ2n) is 7.55. The number of phenols is 1. The normalized spacial score (nSPS) is 12.9. The van der Waals surface area contributed by atoms with Gasteiger partial charge in [-0.05, 0) is 37.5 Å². The van der Waals surface area contributed by atoms with Crippen molar-refractivity contribution in [1.82, 2.24) is 0 Å². The molecule has 0 saturated heterocycles. The Labute approximate surface area is 166 Å². The van der Waals surface area contributed by atoms with Crippen molar-refractivity contribution in [2.75, 3.05) is 0 Å². The van der Waals surface area contributed by atoms with E-state index in [0.29, 0.717) is 12.8 Å². The fourth-order valence-electron chi connectivity index (χ4n) is 3.29. The van der Waals surface area contributed by atoms with Crippen LogP contribution in [0.15, 0.2) is 18.2 Å². The van der Waals surface area contributed by atoms with Crippen molar-refractivity contribution in [3.05, 3.63) is 23.8 Å². The molecule has 0 aromatic heterocycles. The largest absolute Gasteiger partial charge is 0.504 e. The maximum atomic E-state index is 12.6. The fourth-order valence-corrected chi connectivity index (χ4v) is 4.68. The SMILES string of the molecule is CCCCCCCCCCCCC(CC)S(=O)(=O)Oc1cc(C)ccc1O. The lowest BCUT2D eigenvalue weighted by Gasteiger charge is -2.17. The van der Waals surface area contributed by atoms with Crippen molar-refractivity contribution in [2.24, 2.45) is 0 Å². The third-order valence-electron chi connectivity index (χ3n) is 5.06. The summed E-state index contributed by atoms with van der Waals surface area (Å²) in [7, 11) is -3.74. The Balaban J connectivity index is 2.32. The fraction of sp³-hybridized carbons (Fsp3) is 0.727. The Hall–Kier alpha value is -1.23. The van der Waals surface area contributed by atoms with Gasteiger partial charge in [0.2, 0.25) is 0 Å². The lowest BCUT2D eigenvalue weighted by atomic mass is 10.0. The molecule has 4 nitrogen and oxygen atoms in total. The van der Waals surface area contributed by atoms with E-state index in [9.17, 15) is 13.5 Å². The van der Waals surface area contributed by atoms with Crippen LogP contribution in [0.1, 0.15) is 96.5 Å². The number of benzene rings is 1. The average Bonchev–Trinajstić information content (AvgIpc) is 2.62. The maximum Gasteiger partial charge on any atom is 0.312 e. The summed E-state index contributed by atoms with van der Waals surface area (Å²) in [5.74, 6) is -0.116. The van der Waals surface area contributed by atoms with E-state index in [0.717, 1.165) is 18.4 Å². The number of aryl methyl sites for hydroxylation is 1. The molecule has 0 aliphatic carbocycles. The second kappa shape index (κ2) is 13.0. The predicted octanol–water partition coefficient (Wildman–Crippen LogP) is 6.50. The van der Waals surface area contributed by atoms with Crippen LogP contribution in [-0.2, 0) is 10.1 Å². The summed E-state index contributed by atoms with van der Waals surface area (Å²) in [6.45, 7) is 5.94. The van der Waals surface area contributed by atoms with Crippen LogP contribution in [-0.4, -0.2) is 18.8 Å². The summed E-state index contributed by atoms with van der Waals surface area (Å²) in [6.07, 6.45) is 13.4. The first-order chi connectivity index (χ1) is 12.9. The predicted molar refractivity (Wildman–Crippen MR) is 113 cm³/mol. The Bertz CT molecular complexity index is 625. The van der Waals surface area contributed by atoms with Gasteiger partial charge in [-0.1, -0.05) is 84.1 Å². The highest BCUT2D eigenvalue weighted by atomic mass is 32.2. The molecule has 1 N–H and O–H groups in total. The van der Waals surface area contributed by atoms with Crippen molar-refractivity contribution in [1.29, 1.82) is 0 Å². The number of unbranched alkanes of at least 4 members (excludes halogenated alkanes) is 9. The molecule has 1 unspecified atom stereocenters. The molecule has 0 fully saturated rings. The second-order valence-corrected chi connectivity index (χ2v) is 9.37. The molecule has 27 heavy (non-hydrogen) atoms. The molecule has 1 atom stereocenters. The van der Waals surface area contributed by atoms with Gasteiger partial charge in [0, 0.05) is 0 Å². The van der Waals surface area contributed by atoms with E-state index >= 15 is 0 Å². The summed E-state index contributed by atoms with van der Waals surface area (Å²) in [4.78, 5) is 0. The van der Waals surface area contributed by atoms with Crippen LogP contribution >= 0.6 is 0 Å². The molecular weight excluding hydrogens is 360 g/mol. The summed E-state index contributed by atoms with van der Waals surface area (Å²) in [5, 5.41) is 9.31. The molecule has 1 aromatic rings. The van der Waals surface area contributed by atoms with Crippen molar-refractivity contribution in [3.8, 4) is 11.5 Å². The minimum Gasteiger partial charge on any atom is -0.504 e. The van der Waals surface area contributed by atoms with Crippen molar-refractivity contribution >= 4 is 10.1 Å². The molecular formula is C22H38O4S. The summed E-state index contributed by atoms with van der Waals surface area (Å²) in [5.41, 5.74) is 0.848. The molecule has 0 amide bonds. The van der Waals surface area contributed by atoms with Gasteiger partial charge in [-0.25, -0.2) is 0 Å². The van der Waals surface area contributed by atoms with Gasteiger partial charge in [0.15, 0.2) is 11.5 Å². The van der Waals surface area contributed by atoms with Crippen molar-refractivity contribution in [3.63, 3.8) is 0 Å². The van der Waals surface area contributed by atoms with Crippen molar-refractivity contribution < 1.29 is 17.7 Å². The van der Waals surface area contributed by atoms with E-state index in [4.69, 9.17) is 4.18 Å². The zero-order valence-electron chi connectivity index (χ0n) is 17.4. The van der Waals surface area contributed by atoms with Crippen molar-refractivity contribution in [2.45, 2.75) is 103 Å². The highest BCUT2D eigenvalue weighted by Crippen LogP contribution is 2.30. The van der Waals surface area contributed by atoms with Gasteiger partial charge in [0.1, 0.15) is 0 Å². The van der Waals surface area contributed by atoms with Gasteiger partial charge in [-0.2, -0.15) is 8.42 Å². The zero-order chi connectivity index (χ0) is 20.1. The third kappa shape index (κ3) is 9.50. The minimum absolute atomic E-state index is 0.0246. The Morgan fingerprint density at radius 1 is 0.926 bits per heavy atom. The molecule has 0 aliphatic rings. The Morgan fingerprint density at radius 2 is 1.48 bits per heavy atom. The van der Waals surface area contributed by atoms with E-state index in [-0.39, 0.29) is 11.5 Å². The van der Waals surface area contributed by atoms with E-state index in [1.807, 2.05) is 13.8 Å². The van der Waals surface area contributed by atoms with Crippen LogP contribution in [0, 0.1) is 6.92 Å². The van der Waals surface area contributed by atoms with Crippen LogP contribution in [0.4, 0.5) is 0 Å². The first-order valence-electron chi connectivity index (χ1n) is 10.6. The van der Waals surface area contributed by atoms with Crippen LogP contribution in [0.25, 0.3) is 0 Å². The van der Waals surface area contributed by atoms with E-state index in [1.54, 1.807) is 12.1 Å². The van der Waals surface area contributed by atoms with Gasteiger partial charge in [0.05, 0.1) is 5.25 Å². The average molecular weight is 399 g/mol. The third-order valence-corrected chi connectivity index (χ3v) is 6.86. The van der Waals surface area contributed by atoms with Gasteiger partial charge in [-0.15, -0.1) is 0 Å². The van der Waals surface area contributed by atoms with Gasteiger partial charge < -0.3 is 9.29 Å².